The molecule has 1 rings (SSSR count). The molecule has 2 amide bonds. The second-order valence-corrected chi connectivity index (χ2v) is 5.15. The molecule has 0 heterocycles. The minimum absolute atomic E-state index is 0.155. The number of rotatable bonds is 8. The zero-order valence-electron chi connectivity index (χ0n) is 12.8. The average molecular weight is 348 g/mol. The molecule has 6 nitrogen and oxygen atoms in total. The van der Waals surface area contributed by atoms with Crippen LogP contribution in [0.2, 0.25) is 0 Å². The second kappa shape index (κ2) is 8.65. The largest absolute Gasteiger partial charge is 0.453 e. The fraction of sp³-hybridized carbons (Fsp3) is 0.467. The van der Waals surface area contributed by atoms with E-state index in [-0.39, 0.29) is 18.9 Å². The Balaban J connectivity index is 2.16. The third-order valence-corrected chi connectivity index (χ3v) is 3.14. The van der Waals surface area contributed by atoms with Crippen LogP contribution in [0, 0.1) is 0 Å². The van der Waals surface area contributed by atoms with Crippen LogP contribution in [-0.2, 0) is 9.59 Å². The third kappa shape index (κ3) is 6.17. The predicted molar refractivity (Wildman–Crippen MR) is 79.8 cm³/mol. The molecule has 134 valence electrons. The molecule has 0 aromatic heterocycles. The van der Waals surface area contributed by atoms with Gasteiger partial charge in [-0.25, -0.2) is 0 Å². The lowest BCUT2D eigenvalue weighted by molar-refractivity contribution is -0.328. The summed E-state index contributed by atoms with van der Waals surface area (Å²) in [7, 11) is 0. The molecule has 24 heavy (non-hydrogen) atoms. The molecule has 0 unspecified atom stereocenters. The van der Waals surface area contributed by atoms with Gasteiger partial charge in [-0.1, -0.05) is 24.6 Å². The quantitative estimate of drug-likeness (QED) is 0.423. The summed E-state index contributed by atoms with van der Waals surface area (Å²) in [6.07, 6.45) is -3.96. The molecule has 4 N–H and O–H groups in total. The fourth-order valence-corrected chi connectivity index (χ4v) is 1.79. The molecule has 9 heteroatoms. The van der Waals surface area contributed by atoms with Gasteiger partial charge in [0.05, 0.1) is 0 Å². The van der Waals surface area contributed by atoms with Crippen LogP contribution >= 0.6 is 0 Å². The number of benzene rings is 1. The standard InChI is InChI=1S/C15H19F3N2O4/c16-15(17,18)14(23,24)13(22)19-10-6-2-5-9-12(21)20-11-7-3-1-4-8-11/h1,3-4,7-8,23-24H,2,5-6,9-10H2,(H,19,22)(H,20,21). The monoisotopic (exact) mass is 348 g/mol. The lowest BCUT2D eigenvalue weighted by Gasteiger charge is -2.22. The van der Waals surface area contributed by atoms with E-state index in [9.17, 15) is 22.8 Å². The highest BCUT2D eigenvalue weighted by molar-refractivity contribution is 5.90. The van der Waals surface area contributed by atoms with Gasteiger partial charge >= 0.3 is 12.0 Å². The highest BCUT2D eigenvalue weighted by atomic mass is 19.4. The van der Waals surface area contributed by atoms with Crippen molar-refractivity contribution in [2.45, 2.75) is 37.6 Å². The van der Waals surface area contributed by atoms with E-state index < -0.39 is 17.9 Å². The van der Waals surface area contributed by atoms with Crippen LogP contribution in [0.1, 0.15) is 25.7 Å². The van der Waals surface area contributed by atoms with Crippen molar-refractivity contribution in [3.05, 3.63) is 30.3 Å². The summed E-state index contributed by atoms with van der Waals surface area (Å²) >= 11 is 0. The van der Waals surface area contributed by atoms with Crippen LogP contribution in [0.15, 0.2) is 30.3 Å². The number of carbonyl (C=O) groups excluding carboxylic acids is 2. The summed E-state index contributed by atoms with van der Waals surface area (Å²) in [6, 6.07) is 8.85. The first-order valence-electron chi connectivity index (χ1n) is 7.29. The summed E-state index contributed by atoms with van der Waals surface area (Å²) < 4.78 is 36.5. The minimum atomic E-state index is -5.47. The molecule has 1 aromatic rings. The van der Waals surface area contributed by atoms with Gasteiger partial charge in [-0.05, 0) is 25.0 Å². The maximum absolute atomic E-state index is 12.2. The maximum Gasteiger partial charge on any atom is 0.453 e. The van der Waals surface area contributed by atoms with Gasteiger partial charge in [-0.3, -0.25) is 9.59 Å². The van der Waals surface area contributed by atoms with Crippen LogP contribution in [0.4, 0.5) is 18.9 Å². The lowest BCUT2D eigenvalue weighted by Crippen LogP contribution is -2.57. The molecule has 0 aliphatic carbocycles. The molecule has 0 spiro atoms. The Kier molecular flexibility index (Phi) is 7.18. The number of carbonyl (C=O) groups is 2. The number of aliphatic hydroxyl groups is 2. The number of amides is 2. The number of halogens is 3. The van der Waals surface area contributed by atoms with Crippen molar-refractivity contribution < 1.29 is 33.0 Å². The number of hydrogen-bond acceptors (Lipinski definition) is 4. The van der Waals surface area contributed by atoms with Crippen molar-refractivity contribution in [1.82, 2.24) is 5.32 Å². The maximum atomic E-state index is 12.2. The summed E-state index contributed by atoms with van der Waals surface area (Å²) in [5.41, 5.74) is 0.671. The van der Waals surface area contributed by atoms with E-state index in [1.54, 1.807) is 29.6 Å². The summed E-state index contributed by atoms with van der Waals surface area (Å²) in [5, 5.41) is 21.9. The van der Waals surface area contributed by atoms with Crippen molar-refractivity contribution in [2.75, 3.05) is 11.9 Å². The Labute approximate surface area is 136 Å². The molecular formula is C15H19F3N2O4. The van der Waals surface area contributed by atoms with E-state index in [0.717, 1.165) is 0 Å². The first-order chi connectivity index (χ1) is 11.1. The van der Waals surface area contributed by atoms with E-state index in [1.165, 1.54) is 0 Å². The third-order valence-electron chi connectivity index (χ3n) is 3.14. The first-order valence-corrected chi connectivity index (χ1v) is 7.29. The Hall–Kier alpha value is -2.13. The van der Waals surface area contributed by atoms with Gasteiger partial charge in [0, 0.05) is 18.7 Å². The van der Waals surface area contributed by atoms with E-state index in [0.29, 0.717) is 24.9 Å². The Morgan fingerprint density at radius 3 is 2.21 bits per heavy atom. The van der Waals surface area contributed by atoms with Crippen molar-refractivity contribution in [3.8, 4) is 0 Å². The molecule has 0 aliphatic rings. The summed E-state index contributed by atoms with van der Waals surface area (Å²) in [4.78, 5) is 22.7. The number of nitrogens with one attached hydrogen (secondary N) is 2. The molecule has 0 saturated heterocycles. The van der Waals surface area contributed by atoms with E-state index >= 15 is 0 Å². The van der Waals surface area contributed by atoms with Crippen LogP contribution in [0.5, 0.6) is 0 Å². The number of hydrogen-bond donors (Lipinski definition) is 4. The minimum Gasteiger partial charge on any atom is -0.351 e. The predicted octanol–water partition coefficient (Wildman–Crippen LogP) is 1.54. The molecule has 0 fully saturated rings. The lowest BCUT2D eigenvalue weighted by atomic mass is 10.1. The molecule has 0 saturated carbocycles. The molecule has 0 radical (unpaired) electrons. The number of unbranched alkanes of at least 4 members (excludes halogenated alkanes) is 2. The average Bonchev–Trinajstić information content (AvgIpc) is 2.50. The van der Waals surface area contributed by atoms with Gasteiger partial charge in [0.15, 0.2) is 0 Å². The van der Waals surface area contributed by atoms with Crippen molar-refractivity contribution in [1.29, 1.82) is 0 Å². The van der Waals surface area contributed by atoms with Gasteiger partial charge < -0.3 is 20.8 Å². The smallest absolute Gasteiger partial charge is 0.351 e. The molecule has 0 aliphatic heterocycles. The van der Waals surface area contributed by atoms with E-state index in [2.05, 4.69) is 5.32 Å². The Bertz CT molecular complexity index is 547. The van der Waals surface area contributed by atoms with E-state index in [1.807, 2.05) is 6.07 Å². The van der Waals surface area contributed by atoms with Crippen molar-refractivity contribution in [3.63, 3.8) is 0 Å². The number of alkyl halides is 3. The fourth-order valence-electron chi connectivity index (χ4n) is 1.79. The van der Waals surface area contributed by atoms with Gasteiger partial charge in [0.2, 0.25) is 5.91 Å². The van der Waals surface area contributed by atoms with Gasteiger partial charge in [-0.2, -0.15) is 13.2 Å². The first kappa shape index (κ1) is 19.9. The second-order valence-electron chi connectivity index (χ2n) is 5.15. The van der Waals surface area contributed by atoms with Crippen LogP contribution in [0.25, 0.3) is 0 Å². The Morgan fingerprint density at radius 1 is 1.00 bits per heavy atom. The highest BCUT2D eigenvalue weighted by Crippen LogP contribution is 2.28. The summed E-state index contributed by atoms with van der Waals surface area (Å²) in [6.45, 7) is -0.155. The van der Waals surface area contributed by atoms with Crippen LogP contribution in [-0.4, -0.2) is 40.5 Å². The van der Waals surface area contributed by atoms with Gasteiger partial charge in [0.25, 0.3) is 5.91 Å². The van der Waals surface area contributed by atoms with Gasteiger partial charge in [-0.15, -0.1) is 0 Å². The topological polar surface area (TPSA) is 98.7 Å². The number of anilines is 1. The zero-order valence-corrected chi connectivity index (χ0v) is 12.8. The highest BCUT2D eigenvalue weighted by Gasteiger charge is 2.58. The van der Waals surface area contributed by atoms with Crippen molar-refractivity contribution in [2.24, 2.45) is 0 Å². The van der Waals surface area contributed by atoms with Crippen molar-refractivity contribution >= 4 is 17.5 Å². The molecule has 0 bridgehead atoms. The normalized spacial score (nSPS) is 11.9. The number of para-hydroxylation sites is 1. The van der Waals surface area contributed by atoms with Crippen LogP contribution < -0.4 is 10.6 Å². The summed E-state index contributed by atoms with van der Waals surface area (Å²) in [5.74, 6) is -6.51. The molecule has 0 atom stereocenters. The molecule has 1 aromatic carbocycles. The van der Waals surface area contributed by atoms with Gasteiger partial charge in [0.1, 0.15) is 0 Å². The molecular weight excluding hydrogens is 329 g/mol. The SMILES string of the molecule is O=C(CCCCCNC(=O)C(O)(O)C(F)(F)F)Nc1ccccc1. The van der Waals surface area contributed by atoms with E-state index in [4.69, 9.17) is 10.2 Å². The Morgan fingerprint density at radius 2 is 1.62 bits per heavy atom. The zero-order chi connectivity index (χ0) is 18.2. The van der Waals surface area contributed by atoms with Crippen LogP contribution in [0.3, 0.4) is 0 Å².